The molecule has 1 N–H and O–H groups in total. The summed E-state index contributed by atoms with van der Waals surface area (Å²) in [5.74, 6) is 0.257. The predicted molar refractivity (Wildman–Crippen MR) is 70.0 cm³/mol. The van der Waals surface area contributed by atoms with Crippen molar-refractivity contribution in [2.45, 2.75) is 13.3 Å². The lowest BCUT2D eigenvalue weighted by Gasteiger charge is -2.28. The molecule has 0 amide bonds. The monoisotopic (exact) mass is 270 g/mol. The van der Waals surface area contributed by atoms with Crippen LogP contribution in [0, 0.1) is 5.41 Å². The molecular weight excluding hydrogens is 248 g/mol. The molecule has 0 radical (unpaired) electrons. The van der Waals surface area contributed by atoms with Gasteiger partial charge in [0, 0.05) is 25.9 Å². The van der Waals surface area contributed by atoms with E-state index in [0.717, 1.165) is 19.6 Å². The molecule has 1 aliphatic heterocycles. The van der Waals surface area contributed by atoms with Crippen LogP contribution in [0.2, 0.25) is 0 Å². The third-order valence-electron chi connectivity index (χ3n) is 2.95. The molecule has 0 aliphatic carbocycles. The van der Waals surface area contributed by atoms with Gasteiger partial charge in [0.2, 0.25) is 0 Å². The molecule has 1 fully saturated rings. The van der Waals surface area contributed by atoms with Gasteiger partial charge in [-0.1, -0.05) is 6.92 Å². The molecule has 98 valence electrons. The van der Waals surface area contributed by atoms with Crippen LogP contribution in [0.1, 0.15) is 13.3 Å². The van der Waals surface area contributed by atoms with Crippen LogP contribution in [0.4, 0.5) is 0 Å². The van der Waals surface area contributed by atoms with Gasteiger partial charge < -0.3 is 10.2 Å². The second-order valence-corrected chi connectivity index (χ2v) is 7.36. The Morgan fingerprint density at radius 2 is 2.06 bits per heavy atom. The largest absolute Gasteiger partial charge is 0.316 e. The van der Waals surface area contributed by atoms with E-state index >= 15 is 0 Å². The fourth-order valence-corrected chi connectivity index (χ4v) is 2.70. The van der Waals surface area contributed by atoms with E-state index in [1.165, 1.54) is 12.7 Å². The van der Waals surface area contributed by atoms with E-state index in [1.807, 2.05) is 7.05 Å². The van der Waals surface area contributed by atoms with Gasteiger partial charge in [-0.15, -0.1) is 12.4 Å². The van der Waals surface area contributed by atoms with Crippen LogP contribution < -0.4 is 5.32 Å². The van der Waals surface area contributed by atoms with Crippen LogP contribution in [-0.4, -0.2) is 58.6 Å². The van der Waals surface area contributed by atoms with Gasteiger partial charge in [0.1, 0.15) is 9.84 Å². The van der Waals surface area contributed by atoms with Gasteiger partial charge in [0.05, 0.1) is 5.75 Å². The first kappa shape index (κ1) is 16.2. The van der Waals surface area contributed by atoms with E-state index < -0.39 is 9.84 Å². The lowest BCUT2D eigenvalue weighted by Crippen LogP contribution is -2.37. The van der Waals surface area contributed by atoms with E-state index in [9.17, 15) is 8.42 Å². The average molecular weight is 271 g/mol. The van der Waals surface area contributed by atoms with E-state index in [1.54, 1.807) is 0 Å². The quantitative estimate of drug-likeness (QED) is 0.785. The molecule has 0 aromatic heterocycles. The maximum absolute atomic E-state index is 11.0. The van der Waals surface area contributed by atoms with Gasteiger partial charge in [-0.05, 0) is 25.4 Å². The molecule has 1 aliphatic rings. The number of hydrogen-bond acceptors (Lipinski definition) is 4. The third-order valence-corrected chi connectivity index (χ3v) is 3.88. The highest BCUT2D eigenvalue weighted by Gasteiger charge is 2.29. The molecule has 1 unspecified atom stereocenters. The zero-order valence-electron chi connectivity index (χ0n) is 10.3. The highest BCUT2D eigenvalue weighted by Crippen LogP contribution is 2.24. The Kier molecular flexibility index (Phi) is 6.25. The summed E-state index contributed by atoms with van der Waals surface area (Å²) < 4.78 is 22.0. The summed E-state index contributed by atoms with van der Waals surface area (Å²) in [6.45, 7) is 5.97. The molecule has 0 saturated carbocycles. The Hall–Kier alpha value is 0.160. The second-order valence-electron chi connectivity index (χ2n) is 5.11. The smallest absolute Gasteiger partial charge is 0.148 e. The number of nitrogens with one attached hydrogen (secondary N) is 1. The average Bonchev–Trinajstić information content (AvgIpc) is 2.47. The van der Waals surface area contributed by atoms with Crippen LogP contribution in [0.5, 0.6) is 0 Å². The van der Waals surface area contributed by atoms with Crippen LogP contribution in [0.15, 0.2) is 0 Å². The summed E-state index contributed by atoms with van der Waals surface area (Å²) in [4.78, 5) is 2.12. The molecule has 1 saturated heterocycles. The standard InChI is InChI=1S/C10H22N2O2S.ClH/c1-10(4-5-11-8-10)9-12(2)6-7-15(3,13)14;/h11H,4-9H2,1-3H3;1H. The molecule has 1 atom stereocenters. The molecule has 0 spiro atoms. The highest BCUT2D eigenvalue weighted by atomic mass is 35.5. The van der Waals surface area contributed by atoms with Gasteiger partial charge in [-0.2, -0.15) is 0 Å². The van der Waals surface area contributed by atoms with Crippen LogP contribution in [0.25, 0.3) is 0 Å². The van der Waals surface area contributed by atoms with Crippen molar-refractivity contribution in [1.82, 2.24) is 10.2 Å². The number of halogens is 1. The first-order chi connectivity index (χ1) is 6.81. The van der Waals surface area contributed by atoms with Crippen molar-refractivity contribution in [2.75, 3.05) is 45.2 Å². The number of hydrogen-bond donors (Lipinski definition) is 1. The summed E-state index contributed by atoms with van der Waals surface area (Å²) in [6.07, 6.45) is 2.47. The Labute approximate surface area is 105 Å². The van der Waals surface area contributed by atoms with Gasteiger partial charge in [0.25, 0.3) is 0 Å². The maximum atomic E-state index is 11.0. The number of rotatable bonds is 5. The van der Waals surface area contributed by atoms with Crippen LogP contribution in [-0.2, 0) is 9.84 Å². The minimum absolute atomic E-state index is 0. The van der Waals surface area contributed by atoms with Crippen molar-refractivity contribution in [3.8, 4) is 0 Å². The topological polar surface area (TPSA) is 49.4 Å². The molecule has 1 rings (SSSR count). The highest BCUT2D eigenvalue weighted by molar-refractivity contribution is 7.90. The molecule has 0 bridgehead atoms. The Balaban J connectivity index is 0.00000225. The lowest BCUT2D eigenvalue weighted by molar-refractivity contribution is 0.217. The van der Waals surface area contributed by atoms with Crippen LogP contribution in [0.3, 0.4) is 0 Å². The normalized spacial score (nSPS) is 25.8. The Bertz CT molecular complexity index is 300. The van der Waals surface area contributed by atoms with E-state index in [0.29, 0.717) is 12.0 Å². The summed E-state index contributed by atoms with van der Waals surface area (Å²) >= 11 is 0. The van der Waals surface area contributed by atoms with Crippen molar-refractivity contribution in [3.05, 3.63) is 0 Å². The van der Waals surface area contributed by atoms with Gasteiger partial charge in [0.15, 0.2) is 0 Å². The van der Waals surface area contributed by atoms with Crippen molar-refractivity contribution >= 4 is 22.2 Å². The van der Waals surface area contributed by atoms with E-state index in [-0.39, 0.29) is 18.2 Å². The number of nitrogens with zero attached hydrogens (tertiary/aromatic N) is 1. The fourth-order valence-electron chi connectivity index (χ4n) is 2.06. The zero-order chi connectivity index (χ0) is 11.5. The SMILES string of the molecule is CN(CCS(C)(=O)=O)CC1(C)CCNC1.Cl. The van der Waals surface area contributed by atoms with Gasteiger partial charge >= 0.3 is 0 Å². The maximum Gasteiger partial charge on any atom is 0.148 e. The van der Waals surface area contributed by atoms with E-state index in [2.05, 4.69) is 17.1 Å². The molecule has 0 aromatic rings. The van der Waals surface area contributed by atoms with Crippen LogP contribution >= 0.6 is 12.4 Å². The van der Waals surface area contributed by atoms with Gasteiger partial charge in [-0.25, -0.2) is 8.42 Å². The minimum atomic E-state index is -2.83. The lowest BCUT2D eigenvalue weighted by atomic mass is 9.89. The second kappa shape index (κ2) is 6.19. The molecule has 16 heavy (non-hydrogen) atoms. The molecule has 6 heteroatoms. The summed E-state index contributed by atoms with van der Waals surface area (Å²) in [7, 11) is -0.835. The Morgan fingerprint density at radius 3 is 2.50 bits per heavy atom. The van der Waals surface area contributed by atoms with Crippen molar-refractivity contribution in [1.29, 1.82) is 0 Å². The zero-order valence-corrected chi connectivity index (χ0v) is 12.0. The predicted octanol–water partition coefficient (Wildman–Crippen LogP) is 0.384. The van der Waals surface area contributed by atoms with Crippen molar-refractivity contribution in [2.24, 2.45) is 5.41 Å². The van der Waals surface area contributed by atoms with Gasteiger partial charge in [-0.3, -0.25) is 0 Å². The van der Waals surface area contributed by atoms with E-state index in [4.69, 9.17) is 0 Å². The summed E-state index contributed by atoms with van der Waals surface area (Å²) in [5, 5.41) is 3.35. The molecular formula is C10H23ClN2O2S. The molecule has 4 nitrogen and oxygen atoms in total. The molecule has 1 heterocycles. The van der Waals surface area contributed by atoms with Crippen molar-refractivity contribution < 1.29 is 8.42 Å². The first-order valence-electron chi connectivity index (χ1n) is 5.38. The number of sulfone groups is 1. The first-order valence-corrected chi connectivity index (χ1v) is 7.44. The minimum Gasteiger partial charge on any atom is -0.316 e. The van der Waals surface area contributed by atoms with Crippen molar-refractivity contribution in [3.63, 3.8) is 0 Å². The Morgan fingerprint density at radius 1 is 1.44 bits per heavy atom. The summed E-state index contributed by atoms with van der Waals surface area (Å²) in [6, 6.07) is 0. The summed E-state index contributed by atoms with van der Waals surface area (Å²) in [5.41, 5.74) is 0.312. The molecule has 0 aromatic carbocycles. The fraction of sp³-hybridized carbons (Fsp3) is 1.00. The third kappa shape index (κ3) is 6.03.